The zero-order chi connectivity index (χ0) is 31.0. The van der Waals surface area contributed by atoms with Crippen molar-refractivity contribution in [1.82, 2.24) is 14.7 Å². The van der Waals surface area contributed by atoms with E-state index in [2.05, 4.69) is 46.1 Å². The number of hydrogen-bond donors (Lipinski definition) is 3. The number of hydrogen-bond acceptors (Lipinski definition) is 6. The topological polar surface area (TPSA) is 88.5 Å². The van der Waals surface area contributed by atoms with Crippen molar-refractivity contribution in [2.75, 3.05) is 52.7 Å². The molecule has 1 fully saturated rings. The average molecular weight is 585 g/mol. The number of anilines is 1. The molecule has 0 saturated carbocycles. The first-order valence-corrected chi connectivity index (χ1v) is 14.7. The number of carbonyl (C=O) groups is 1. The number of amides is 2. The second-order valence-electron chi connectivity index (χ2n) is 12.0. The predicted octanol–water partition coefficient (Wildman–Crippen LogP) is 4.27. The summed E-state index contributed by atoms with van der Waals surface area (Å²) in [5.41, 5.74) is 0.814. The van der Waals surface area contributed by atoms with E-state index < -0.39 is 11.2 Å². The van der Waals surface area contributed by atoms with Gasteiger partial charge in [0.1, 0.15) is 17.0 Å². The largest absolute Gasteiger partial charge is 0.497 e. The Morgan fingerprint density at radius 1 is 0.977 bits per heavy atom. The van der Waals surface area contributed by atoms with Crippen molar-refractivity contribution in [3.8, 4) is 17.6 Å². The molecule has 228 valence electrons. The maximum Gasteiger partial charge on any atom is 0.321 e. The van der Waals surface area contributed by atoms with Crippen LogP contribution in [0, 0.1) is 11.8 Å². The number of benzene rings is 3. The second kappa shape index (κ2) is 14.1. The predicted molar refractivity (Wildman–Crippen MR) is 171 cm³/mol. The van der Waals surface area contributed by atoms with E-state index in [9.17, 15) is 15.0 Å². The Labute approximate surface area is 255 Å². The van der Waals surface area contributed by atoms with Crippen LogP contribution in [0.3, 0.4) is 0 Å². The molecule has 0 aromatic heterocycles. The van der Waals surface area contributed by atoms with Gasteiger partial charge in [-0.1, -0.05) is 42.2 Å². The fourth-order valence-electron chi connectivity index (χ4n) is 5.22. The minimum absolute atomic E-state index is 0.0378. The maximum absolute atomic E-state index is 12.8. The lowest BCUT2D eigenvalue weighted by Gasteiger charge is -2.49. The van der Waals surface area contributed by atoms with Crippen LogP contribution in [0.2, 0.25) is 0 Å². The zero-order valence-electron chi connectivity index (χ0n) is 25.9. The summed E-state index contributed by atoms with van der Waals surface area (Å²) >= 11 is 0. The first kappa shape index (κ1) is 32.1. The van der Waals surface area contributed by atoms with Crippen molar-refractivity contribution in [3.63, 3.8) is 0 Å². The van der Waals surface area contributed by atoms with Crippen LogP contribution in [-0.2, 0) is 6.54 Å². The fraction of sp³-hybridized carbons (Fsp3) is 0.400. The Bertz CT molecular complexity index is 1410. The number of ether oxygens (including phenoxy) is 1. The van der Waals surface area contributed by atoms with Gasteiger partial charge in [-0.2, -0.15) is 0 Å². The number of likely N-dealkylation sites (N-methyl/N-ethyl adjacent to an activating group) is 2. The van der Waals surface area contributed by atoms with Gasteiger partial charge in [0.25, 0.3) is 0 Å². The minimum atomic E-state index is -1.54. The van der Waals surface area contributed by atoms with E-state index in [1.54, 1.807) is 52.3 Å². The lowest BCUT2D eigenvalue weighted by atomic mass is 9.83. The van der Waals surface area contributed by atoms with Crippen LogP contribution >= 0.6 is 0 Å². The van der Waals surface area contributed by atoms with E-state index in [4.69, 9.17) is 4.74 Å². The quantitative estimate of drug-likeness (QED) is 0.292. The highest BCUT2D eigenvalue weighted by Crippen LogP contribution is 2.29. The van der Waals surface area contributed by atoms with Crippen LogP contribution in [0.15, 0.2) is 78.9 Å². The third kappa shape index (κ3) is 8.82. The molecule has 3 aromatic rings. The summed E-state index contributed by atoms with van der Waals surface area (Å²) < 4.78 is 5.16. The highest BCUT2D eigenvalue weighted by molar-refractivity contribution is 5.89. The van der Waals surface area contributed by atoms with Gasteiger partial charge in [-0.3, -0.25) is 4.90 Å². The van der Waals surface area contributed by atoms with Gasteiger partial charge in [-0.15, -0.1) is 0 Å². The Morgan fingerprint density at radius 2 is 1.65 bits per heavy atom. The van der Waals surface area contributed by atoms with Crippen molar-refractivity contribution in [2.45, 2.75) is 44.1 Å². The number of carbonyl (C=O) groups excluding carboxylic acids is 1. The first-order valence-electron chi connectivity index (χ1n) is 14.7. The molecule has 3 N–H and O–H groups in total. The summed E-state index contributed by atoms with van der Waals surface area (Å²) in [7, 11) is 5.29. The number of likely N-dealkylation sites (tertiary alicyclic amines) is 1. The normalized spacial score (nSPS) is 17.5. The number of methoxy groups -OCH3 is 1. The van der Waals surface area contributed by atoms with Gasteiger partial charge in [0.2, 0.25) is 0 Å². The van der Waals surface area contributed by atoms with Gasteiger partial charge >= 0.3 is 6.03 Å². The molecule has 8 nitrogen and oxygen atoms in total. The molecule has 3 aromatic carbocycles. The van der Waals surface area contributed by atoms with Crippen molar-refractivity contribution < 1.29 is 19.7 Å². The summed E-state index contributed by atoms with van der Waals surface area (Å²) in [6.07, 6.45) is 1.02. The summed E-state index contributed by atoms with van der Waals surface area (Å²) in [6, 6.07) is 25.2. The van der Waals surface area contributed by atoms with Crippen LogP contribution < -0.4 is 10.1 Å². The van der Waals surface area contributed by atoms with Crippen LogP contribution in [0.1, 0.15) is 37.0 Å². The van der Waals surface area contributed by atoms with Crippen LogP contribution in [0.25, 0.3) is 0 Å². The average Bonchev–Trinajstić information content (AvgIpc) is 2.98. The highest BCUT2D eigenvalue weighted by atomic mass is 16.5. The van der Waals surface area contributed by atoms with Gasteiger partial charge < -0.3 is 30.1 Å². The third-order valence-electron chi connectivity index (χ3n) is 8.20. The van der Waals surface area contributed by atoms with Crippen molar-refractivity contribution in [2.24, 2.45) is 0 Å². The summed E-state index contributed by atoms with van der Waals surface area (Å²) in [5, 5.41) is 25.6. The molecule has 1 saturated heterocycles. The molecule has 1 unspecified atom stereocenters. The van der Waals surface area contributed by atoms with E-state index in [-0.39, 0.29) is 18.6 Å². The van der Waals surface area contributed by atoms with Crippen molar-refractivity contribution in [1.29, 1.82) is 0 Å². The molecular formula is C35H44N4O4. The summed E-state index contributed by atoms with van der Waals surface area (Å²) in [5.74, 6) is 7.17. The Kier molecular flexibility index (Phi) is 10.5. The lowest BCUT2D eigenvalue weighted by molar-refractivity contribution is -0.159. The molecule has 1 aliphatic rings. The molecule has 2 amide bonds. The first-order chi connectivity index (χ1) is 20.5. The Hall–Kier alpha value is -3.87. The van der Waals surface area contributed by atoms with E-state index >= 15 is 0 Å². The number of β-amino-alcohol motifs (C(OH)–C–C–N with tert-alkyl or cyclic N) is 1. The van der Waals surface area contributed by atoms with Gasteiger partial charge in [-0.25, -0.2) is 4.79 Å². The van der Waals surface area contributed by atoms with Gasteiger partial charge in [0.15, 0.2) is 0 Å². The van der Waals surface area contributed by atoms with Crippen LogP contribution in [-0.4, -0.2) is 95.6 Å². The van der Waals surface area contributed by atoms with E-state index in [1.165, 1.54) is 10.5 Å². The van der Waals surface area contributed by atoms with Gasteiger partial charge in [0, 0.05) is 56.1 Å². The molecule has 43 heavy (non-hydrogen) atoms. The number of aliphatic hydroxyl groups is 2. The minimum Gasteiger partial charge on any atom is -0.497 e. The number of urea groups is 1. The Morgan fingerprint density at radius 3 is 2.30 bits per heavy atom. The smallest absolute Gasteiger partial charge is 0.321 e. The van der Waals surface area contributed by atoms with Crippen molar-refractivity contribution in [3.05, 3.63) is 95.6 Å². The molecule has 0 spiro atoms. The molecule has 1 aliphatic heterocycles. The van der Waals surface area contributed by atoms with E-state index in [0.29, 0.717) is 18.0 Å². The van der Waals surface area contributed by atoms with Gasteiger partial charge in [-0.05, 0) is 81.4 Å². The molecular weight excluding hydrogens is 540 g/mol. The monoisotopic (exact) mass is 584 g/mol. The SMILES string of the molecule is COc1ccc(NC(=O)N(C)C[C@@](C)(O)C(C)(O)CN2CC[C@H]2CN(C)Cc2cccc(C#Cc3ccccc3)c2)cc1. The molecule has 3 atom stereocenters. The van der Waals surface area contributed by atoms with Gasteiger partial charge in [0.05, 0.1) is 13.7 Å². The van der Waals surface area contributed by atoms with E-state index in [0.717, 1.165) is 37.2 Å². The fourth-order valence-corrected chi connectivity index (χ4v) is 5.22. The number of nitrogens with zero attached hydrogens (tertiary/aromatic N) is 3. The molecule has 8 heteroatoms. The standard InChI is InChI=1S/C35H44N4O4/c1-34(41,25-38(4)33(40)36-30-16-18-32(43-5)19-17-30)35(2,42)26-39-21-20-31(39)24-37(3)23-29-13-9-12-28(22-29)15-14-27-10-7-6-8-11-27/h6-13,16-19,22,31,41-42H,20-21,23-26H2,1-5H3,(H,36,40)/t31-,34+,35?/m0/s1. The molecule has 0 bridgehead atoms. The second-order valence-corrected chi connectivity index (χ2v) is 12.0. The number of rotatable bonds is 11. The molecule has 0 radical (unpaired) electrons. The maximum atomic E-state index is 12.8. The summed E-state index contributed by atoms with van der Waals surface area (Å²) in [6.45, 7) is 5.96. The van der Waals surface area contributed by atoms with Crippen molar-refractivity contribution >= 4 is 11.7 Å². The Balaban J connectivity index is 1.28. The highest BCUT2D eigenvalue weighted by Gasteiger charge is 2.46. The summed E-state index contributed by atoms with van der Waals surface area (Å²) in [4.78, 5) is 18.7. The molecule has 1 heterocycles. The van der Waals surface area contributed by atoms with Crippen LogP contribution in [0.5, 0.6) is 5.75 Å². The third-order valence-corrected chi connectivity index (χ3v) is 8.20. The lowest BCUT2D eigenvalue weighted by Crippen LogP contribution is -2.65. The van der Waals surface area contributed by atoms with Crippen LogP contribution in [0.4, 0.5) is 10.5 Å². The molecule has 0 aliphatic carbocycles. The number of nitrogens with one attached hydrogen (secondary N) is 1. The van der Waals surface area contributed by atoms with E-state index in [1.807, 2.05) is 42.5 Å². The molecule has 4 rings (SSSR count). The zero-order valence-corrected chi connectivity index (χ0v) is 25.9.